The molecule has 4 nitrogen and oxygen atoms in total. The Hall–Kier alpha value is -1.00. The van der Waals surface area contributed by atoms with E-state index in [-0.39, 0.29) is 6.17 Å². The van der Waals surface area contributed by atoms with Crippen LogP contribution in [0, 0.1) is 0 Å². The molecule has 2 aliphatic heterocycles. The second-order valence-corrected chi connectivity index (χ2v) is 2.43. The topological polar surface area (TPSA) is 53.3 Å². The Balaban J connectivity index is 2.19. The van der Waals surface area contributed by atoms with Crippen LogP contribution in [0.3, 0.4) is 0 Å². The van der Waals surface area contributed by atoms with Gasteiger partial charge in [0.1, 0.15) is 0 Å². The Morgan fingerprint density at radius 2 is 2.60 bits per heavy atom. The number of hydrogen-bond donors (Lipinski definition) is 3. The molecule has 10 heavy (non-hydrogen) atoms. The predicted molar refractivity (Wildman–Crippen MR) is 37.9 cm³/mol. The van der Waals surface area contributed by atoms with Gasteiger partial charge in [-0.15, -0.1) is 0 Å². The Kier molecular flexibility index (Phi) is 1.15. The van der Waals surface area contributed by atoms with Crippen LogP contribution in [0.2, 0.25) is 0 Å². The zero-order chi connectivity index (χ0) is 6.97. The van der Waals surface area contributed by atoms with E-state index in [1.807, 2.05) is 23.6 Å². The SMILES string of the molecule is NC1CC2=CNC=CN2N1. The van der Waals surface area contributed by atoms with Crippen LogP contribution in [0.1, 0.15) is 6.42 Å². The molecule has 4 N–H and O–H groups in total. The van der Waals surface area contributed by atoms with Crippen LogP contribution in [-0.4, -0.2) is 11.2 Å². The van der Waals surface area contributed by atoms with Crippen molar-refractivity contribution in [3.8, 4) is 0 Å². The molecule has 0 saturated carbocycles. The summed E-state index contributed by atoms with van der Waals surface area (Å²) in [6, 6.07) is 0. The van der Waals surface area contributed by atoms with E-state index in [1.54, 1.807) is 0 Å². The Bertz CT molecular complexity index is 196. The molecule has 0 bridgehead atoms. The third-order valence-electron chi connectivity index (χ3n) is 1.61. The number of rotatable bonds is 0. The molecular formula is C6H10N4. The first-order valence-corrected chi connectivity index (χ1v) is 3.29. The zero-order valence-electron chi connectivity index (χ0n) is 5.54. The highest BCUT2D eigenvalue weighted by Crippen LogP contribution is 2.16. The van der Waals surface area contributed by atoms with Crippen molar-refractivity contribution in [2.75, 3.05) is 0 Å². The monoisotopic (exact) mass is 138 g/mol. The average molecular weight is 138 g/mol. The fourth-order valence-electron chi connectivity index (χ4n) is 1.16. The summed E-state index contributed by atoms with van der Waals surface area (Å²) in [6.07, 6.45) is 6.67. The molecule has 0 aromatic heterocycles. The van der Waals surface area contributed by atoms with Gasteiger partial charge in [-0.05, 0) is 0 Å². The highest BCUT2D eigenvalue weighted by molar-refractivity contribution is 5.14. The van der Waals surface area contributed by atoms with E-state index in [1.165, 1.54) is 5.70 Å². The maximum absolute atomic E-state index is 5.64. The minimum atomic E-state index is 0.0656. The lowest BCUT2D eigenvalue weighted by molar-refractivity contribution is 0.360. The third-order valence-corrected chi connectivity index (χ3v) is 1.61. The largest absolute Gasteiger partial charge is 0.365 e. The lowest BCUT2D eigenvalue weighted by Crippen LogP contribution is -2.37. The molecule has 0 aromatic carbocycles. The van der Waals surface area contributed by atoms with Crippen molar-refractivity contribution in [3.63, 3.8) is 0 Å². The van der Waals surface area contributed by atoms with Crippen LogP contribution in [-0.2, 0) is 0 Å². The molecule has 2 rings (SSSR count). The van der Waals surface area contributed by atoms with Gasteiger partial charge in [-0.25, -0.2) is 5.43 Å². The minimum absolute atomic E-state index is 0.0656. The Morgan fingerprint density at radius 3 is 3.40 bits per heavy atom. The fraction of sp³-hybridized carbons (Fsp3) is 0.333. The highest BCUT2D eigenvalue weighted by Gasteiger charge is 2.21. The molecule has 1 saturated heterocycles. The second kappa shape index (κ2) is 2.00. The van der Waals surface area contributed by atoms with E-state index >= 15 is 0 Å². The zero-order valence-corrected chi connectivity index (χ0v) is 5.54. The maximum Gasteiger partial charge on any atom is 0.0787 e. The first kappa shape index (κ1) is 5.76. The number of nitrogens with one attached hydrogen (secondary N) is 2. The van der Waals surface area contributed by atoms with Crippen molar-refractivity contribution in [2.24, 2.45) is 5.73 Å². The normalized spacial score (nSPS) is 29.5. The molecule has 0 radical (unpaired) electrons. The molecule has 0 aromatic rings. The Morgan fingerprint density at radius 1 is 1.70 bits per heavy atom. The van der Waals surface area contributed by atoms with Gasteiger partial charge < -0.3 is 11.1 Å². The van der Waals surface area contributed by atoms with Crippen LogP contribution in [0.4, 0.5) is 0 Å². The molecular weight excluding hydrogens is 128 g/mol. The summed E-state index contributed by atoms with van der Waals surface area (Å²) in [5, 5.41) is 4.93. The van der Waals surface area contributed by atoms with E-state index in [4.69, 9.17) is 5.73 Å². The number of hydrazine groups is 1. The Labute approximate surface area is 59.3 Å². The van der Waals surface area contributed by atoms with Crippen molar-refractivity contribution < 1.29 is 0 Å². The first-order valence-electron chi connectivity index (χ1n) is 3.29. The standard InChI is InChI=1S/C6H10N4/c7-6-3-5-4-8-1-2-10(5)9-6/h1-2,4,6,8-9H,3,7H2. The van der Waals surface area contributed by atoms with Gasteiger partial charge in [-0.1, -0.05) is 0 Å². The van der Waals surface area contributed by atoms with Crippen molar-refractivity contribution in [3.05, 3.63) is 24.3 Å². The second-order valence-electron chi connectivity index (χ2n) is 2.43. The lowest BCUT2D eigenvalue weighted by atomic mass is 10.3. The molecule has 0 spiro atoms. The molecule has 1 atom stereocenters. The summed E-state index contributed by atoms with van der Waals surface area (Å²) < 4.78 is 0. The van der Waals surface area contributed by atoms with E-state index in [9.17, 15) is 0 Å². The smallest absolute Gasteiger partial charge is 0.0787 e. The van der Waals surface area contributed by atoms with Gasteiger partial charge in [0, 0.05) is 25.0 Å². The van der Waals surface area contributed by atoms with Crippen LogP contribution in [0.5, 0.6) is 0 Å². The highest BCUT2D eigenvalue weighted by atomic mass is 15.6. The molecule has 4 heteroatoms. The van der Waals surface area contributed by atoms with Gasteiger partial charge >= 0.3 is 0 Å². The molecule has 54 valence electrons. The molecule has 1 fully saturated rings. The molecule has 1 unspecified atom stereocenters. The average Bonchev–Trinajstić information content (AvgIpc) is 2.27. The molecule has 0 aliphatic carbocycles. The van der Waals surface area contributed by atoms with E-state index in [0.29, 0.717) is 0 Å². The summed E-state index contributed by atoms with van der Waals surface area (Å²) in [6.45, 7) is 0. The number of nitrogens with zero attached hydrogens (tertiary/aromatic N) is 1. The summed E-state index contributed by atoms with van der Waals surface area (Å²) >= 11 is 0. The van der Waals surface area contributed by atoms with Crippen molar-refractivity contribution in [1.29, 1.82) is 0 Å². The first-order chi connectivity index (χ1) is 4.86. The molecule has 2 heterocycles. The van der Waals surface area contributed by atoms with Crippen molar-refractivity contribution in [2.45, 2.75) is 12.6 Å². The van der Waals surface area contributed by atoms with Crippen molar-refractivity contribution >= 4 is 0 Å². The van der Waals surface area contributed by atoms with Crippen molar-refractivity contribution in [1.82, 2.24) is 15.8 Å². The van der Waals surface area contributed by atoms with E-state index in [0.717, 1.165) is 6.42 Å². The molecule has 0 amide bonds. The lowest BCUT2D eigenvalue weighted by Gasteiger charge is -2.17. The van der Waals surface area contributed by atoms with Gasteiger partial charge in [-0.2, -0.15) is 0 Å². The maximum atomic E-state index is 5.64. The van der Waals surface area contributed by atoms with Crippen LogP contribution in [0.15, 0.2) is 24.3 Å². The number of nitrogens with two attached hydrogens (primary N) is 1. The minimum Gasteiger partial charge on any atom is -0.365 e. The van der Waals surface area contributed by atoms with E-state index in [2.05, 4.69) is 10.7 Å². The summed E-state index contributed by atoms with van der Waals surface area (Å²) in [7, 11) is 0. The number of fused-ring (bicyclic) bond motifs is 1. The van der Waals surface area contributed by atoms with Gasteiger partial charge in [0.25, 0.3) is 0 Å². The predicted octanol–water partition coefficient (Wildman–Crippen LogP) is -0.603. The summed E-state index contributed by atoms with van der Waals surface area (Å²) in [5.41, 5.74) is 9.90. The van der Waals surface area contributed by atoms with Crippen LogP contribution in [0.25, 0.3) is 0 Å². The van der Waals surface area contributed by atoms with Gasteiger partial charge in [0.15, 0.2) is 0 Å². The fourth-order valence-corrected chi connectivity index (χ4v) is 1.16. The quantitative estimate of drug-likeness (QED) is 0.418. The van der Waals surface area contributed by atoms with Crippen LogP contribution >= 0.6 is 0 Å². The van der Waals surface area contributed by atoms with Gasteiger partial charge in [0.2, 0.25) is 0 Å². The van der Waals surface area contributed by atoms with E-state index < -0.39 is 0 Å². The van der Waals surface area contributed by atoms with Gasteiger partial charge in [0.05, 0.1) is 11.9 Å². The number of hydrogen-bond acceptors (Lipinski definition) is 4. The van der Waals surface area contributed by atoms with Crippen LogP contribution < -0.4 is 16.5 Å². The molecule has 2 aliphatic rings. The third kappa shape index (κ3) is 0.778. The summed E-state index contributed by atoms with van der Waals surface area (Å²) in [4.78, 5) is 0. The summed E-state index contributed by atoms with van der Waals surface area (Å²) in [5.74, 6) is 0. The van der Waals surface area contributed by atoms with Gasteiger partial charge in [-0.3, -0.25) is 5.01 Å².